The monoisotopic (exact) mass is 299 g/mol. The van der Waals surface area contributed by atoms with E-state index < -0.39 is 0 Å². The van der Waals surface area contributed by atoms with Crippen molar-refractivity contribution in [1.82, 2.24) is 4.90 Å². The summed E-state index contributed by atoms with van der Waals surface area (Å²) in [5.74, 6) is 0.729. The second-order valence-electron chi connectivity index (χ2n) is 3.91. The summed E-state index contributed by atoms with van der Waals surface area (Å²) in [4.78, 5) is 13.4. The number of halogens is 1. The molecule has 0 bridgehead atoms. The molecule has 0 saturated carbocycles. The maximum Gasteiger partial charge on any atom is 0.260 e. The third-order valence-electron chi connectivity index (χ3n) is 2.45. The molecule has 1 aromatic rings. The van der Waals surface area contributed by atoms with Gasteiger partial charge in [0, 0.05) is 18.1 Å². The van der Waals surface area contributed by atoms with E-state index in [0.29, 0.717) is 5.75 Å². The highest BCUT2D eigenvalue weighted by atomic mass is 79.9. The average molecular weight is 300 g/mol. The van der Waals surface area contributed by atoms with Crippen LogP contribution in [0.2, 0.25) is 0 Å². The first-order valence-electron chi connectivity index (χ1n) is 5.75. The number of carbonyl (C=O) groups is 1. The molecule has 0 aliphatic carbocycles. The highest BCUT2D eigenvalue weighted by molar-refractivity contribution is 9.10. The molecule has 1 amide bonds. The fourth-order valence-corrected chi connectivity index (χ4v) is 1.57. The molecule has 0 radical (unpaired) electrons. The summed E-state index contributed by atoms with van der Waals surface area (Å²) in [6, 6.07) is 7.45. The van der Waals surface area contributed by atoms with E-state index in [9.17, 15) is 4.79 Å². The van der Waals surface area contributed by atoms with E-state index in [0.717, 1.165) is 23.9 Å². The van der Waals surface area contributed by atoms with Crippen molar-refractivity contribution in [3.8, 4) is 5.75 Å². The maximum atomic E-state index is 11.7. The van der Waals surface area contributed by atoms with E-state index in [1.54, 1.807) is 4.90 Å². The molecule has 17 heavy (non-hydrogen) atoms. The predicted octanol–water partition coefficient (Wildman–Crippen LogP) is 3.09. The molecule has 0 aromatic heterocycles. The van der Waals surface area contributed by atoms with Gasteiger partial charge in [0.05, 0.1) is 0 Å². The smallest absolute Gasteiger partial charge is 0.260 e. The lowest BCUT2D eigenvalue weighted by molar-refractivity contribution is -0.132. The highest BCUT2D eigenvalue weighted by Gasteiger charge is 2.08. The van der Waals surface area contributed by atoms with Crippen molar-refractivity contribution in [3.63, 3.8) is 0 Å². The van der Waals surface area contributed by atoms with Crippen molar-refractivity contribution in [2.75, 3.05) is 20.2 Å². The summed E-state index contributed by atoms with van der Waals surface area (Å²) in [5.41, 5.74) is 0. The lowest BCUT2D eigenvalue weighted by atomic mass is 10.3. The van der Waals surface area contributed by atoms with Crippen LogP contribution in [-0.2, 0) is 4.79 Å². The van der Waals surface area contributed by atoms with Crippen LogP contribution in [0.1, 0.15) is 19.8 Å². The SMILES string of the molecule is CCCCN(C)C(=O)COc1ccc(Br)cc1. The minimum Gasteiger partial charge on any atom is -0.484 e. The number of hydrogen-bond acceptors (Lipinski definition) is 2. The minimum absolute atomic E-state index is 0.0152. The quantitative estimate of drug-likeness (QED) is 0.808. The van der Waals surface area contributed by atoms with Gasteiger partial charge in [-0.3, -0.25) is 4.79 Å². The highest BCUT2D eigenvalue weighted by Crippen LogP contribution is 2.15. The Balaban J connectivity index is 2.34. The summed E-state index contributed by atoms with van der Waals surface area (Å²) < 4.78 is 6.41. The number of rotatable bonds is 6. The maximum absolute atomic E-state index is 11.7. The molecule has 0 saturated heterocycles. The minimum atomic E-state index is 0.0152. The average Bonchev–Trinajstić information content (AvgIpc) is 2.34. The molecule has 0 N–H and O–H groups in total. The van der Waals surface area contributed by atoms with Crippen LogP contribution < -0.4 is 4.74 Å². The van der Waals surface area contributed by atoms with Gasteiger partial charge in [-0.15, -0.1) is 0 Å². The number of ether oxygens (including phenoxy) is 1. The van der Waals surface area contributed by atoms with Crippen molar-refractivity contribution in [2.24, 2.45) is 0 Å². The van der Waals surface area contributed by atoms with Gasteiger partial charge in [-0.25, -0.2) is 0 Å². The Bertz CT molecular complexity index is 351. The van der Waals surface area contributed by atoms with Crippen LogP contribution in [-0.4, -0.2) is 31.0 Å². The van der Waals surface area contributed by atoms with E-state index in [-0.39, 0.29) is 12.5 Å². The Hall–Kier alpha value is -1.03. The van der Waals surface area contributed by atoms with Gasteiger partial charge in [0.2, 0.25) is 0 Å². The molecule has 0 aliphatic rings. The first-order valence-corrected chi connectivity index (χ1v) is 6.55. The summed E-state index contributed by atoms with van der Waals surface area (Å²) in [6.45, 7) is 3.00. The predicted molar refractivity (Wildman–Crippen MR) is 72.2 cm³/mol. The number of hydrogen-bond donors (Lipinski definition) is 0. The lowest BCUT2D eigenvalue weighted by Crippen LogP contribution is -2.32. The lowest BCUT2D eigenvalue weighted by Gasteiger charge is -2.16. The largest absolute Gasteiger partial charge is 0.484 e. The third-order valence-corrected chi connectivity index (χ3v) is 2.98. The van der Waals surface area contributed by atoms with E-state index in [2.05, 4.69) is 22.9 Å². The standard InChI is InChI=1S/C13H18BrNO2/c1-3-4-9-15(2)13(16)10-17-12-7-5-11(14)6-8-12/h5-8H,3-4,9-10H2,1-2H3. The molecule has 0 aliphatic heterocycles. The zero-order valence-corrected chi connectivity index (χ0v) is 11.9. The molecule has 0 atom stereocenters. The first-order chi connectivity index (χ1) is 8.13. The molecule has 94 valence electrons. The van der Waals surface area contributed by atoms with Crippen molar-refractivity contribution in [2.45, 2.75) is 19.8 Å². The zero-order chi connectivity index (χ0) is 12.7. The summed E-state index contributed by atoms with van der Waals surface area (Å²) in [5, 5.41) is 0. The number of unbranched alkanes of at least 4 members (excludes halogenated alkanes) is 1. The van der Waals surface area contributed by atoms with Gasteiger partial charge in [0.15, 0.2) is 6.61 Å². The summed E-state index contributed by atoms with van der Waals surface area (Å²) in [7, 11) is 1.81. The Labute approximate surface area is 111 Å². The van der Waals surface area contributed by atoms with Gasteiger partial charge >= 0.3 is 0 Å². The van der Waals surface area contributed by atoms with Crippen molar-refractivity contribution >= 4 is 21.8 Å². The zero-order valence-electron chi connectivity index (χ0n) is 10.3. The van der Waals surface area contributed by atoms with Crippen LogP contribution in [0.15, 0.2) is 28.7 Å². The molecular weight excluding hydrogens is 282 g/mol. The Kier molecular flexibility index (Phi) is 6.05. The number of amides is 1. The molecule has 0 spiro atoms. The number of benzene rings is 1. The topological polar surface area (TPSA) is 29.5 Å². The third kappa shape index (κ3) is 5.22. The fraction of sp³-hybridized carbons (Fsp3) is 0.462. The van der Waals surface area contributed by atoms with Crippen molar-refractivity contribution in [3.05, 3.63) is 28.7 Å². The molecule has 0 heterocycles. The van der Waals surface area contributed by atoms with Gasteiger partial charge in [-0.1, -0.05) is 29.3 Å². The molecule has 3 nitrogen and oxygen atoms in total. The Morgan fingerprint density at radius 1 is 1.35 bits per heavy atom. The molecule has 0 fully saturated rings. The molecular formula is C13H18BrNO2. The van der Waals surface area contributed by atoms with Crippen LogP contribution in [0.3, 0.4) is 0 Å². The van der Waals surface area contributed by atoms with Crippen LogP contribution in [0.4, 0.5) is 0 Å². The fourth-order valence-electron chi connectivity index (χ4n) is 1.31. The van der Waals surface area contributed by atoms with Crippen LogP contribution in [0.5, 0.6) is 5.75 Å². The van der Waals surface area contributed by atoms with Gasteiger partial charge in [-0.05, 0) is 30.7 Å². The van der Waals surface area contributed by atoms with Crippen LogP contribution in [0, 0.1) is 0 Å². The van der Waals surface area contributed by atoms with E-state index in [1.165, 1.54) is 0 Å². The number of nitrogens with zero attached hydrogens (tertiary/aromatic N) is 1. The summed E-state index contributed by atoms with van der Waals surface area (Å²) in [6.07, 6.45) is 2.12. The molecule has 1 aromatic carbocycles. The summed E-state index contributed by atoms with van der Waals surface area (Å²) >= 11 is 3.35. The second kappa shape index (κ2) is 7.33. The van der Waals surface area contributed by atoms with Gasteiger partial charge in [0.1, 0.15) is 5.75 Å². The van der Waals surface area contributed by atoms with Crippen molar-refractivity contribution < 1.29 is 9.53 Å². The van der Waals surface area contributed by atoms with Crippen LogP contribution >= 0.6 is 15.9 Å². The van der Waals surface area contributed by atoms with E-state index in [1.807, 2.05) is 31.3 Å². The second-order valence-corrected chi connectivity index (χ2v) is 4.83. The van der Waals surface area contributed by atoms with E-state index >= 15 is 0 Å². The first kappa shape index (κ1) is 14.0. The van der Waals surface area contributed by atoms with Gasteiger partial charge in [0.25, 0.3) is 5.91 Å². The molecule has 0 unspecified atom stereocenters. The van der Waals surface area contributed by atoms with Gasteiger partial charge in [-0.2, -0.15) is 0 Å². The number of carbonyl (C=O) groups excluding carboxylic acids is 1. The molecule has 4 heteroatoms. The van der Waals surface area contributed by atoms with Crippen LogP contribution in [0.25, 0.3) is 0 Å². The van der Waals surface area contributed by atoms with Crippen molar-refractivity contribution in [1.29, 1.82) is 0 Å². The van der Waals surface area contributed by atoms with E-state index in [4.69, 9.17) is 4.74 Å². The Morgan fingerprint density at radius 3 is 2.59 bits per heavy atom. The molecule has 1 rings (SSSR count). The normalized spacial score (nSPS) is 10.1. The number of likely N-dealkylation sites (N-methyl/N-ethyl adjacent to an activating group) is 1. The Morgan fingerprint density at radius 2 is 2.00 bits per heavy atom. The van der Waals surface area contributed by atoms with Gasteiger partial charge < -0.3 is 9.64 Å².